The number of halogens is 3. The zero-order valence-electron chi connectivity index (χ0n) is 9.20. The van der Waals surface area contributed by atoms with Crippen LogP contribution in [0.25, 0.3) is 21.7 Å². The van der Waals surface area contributed by atoms with Crippen LogP contribution in [-0.2, 0) is 0 Å². The Morgan fingerprint density at radius 3 is 2.33 bits per heavy atom. The van der Waals surface area contributed by atoms with E-state index in [1.807, 2.05) is 0 Å². The molecule has 0 radical (unpaired) electrons. The highest BCUT2D eigenvalue weighted by atomic mass is 28.5. The van der Waals surface area contributed by atoms with Crippen molar-refractivity contribution in [3.05, 3.63) is 48.7 Å². The highest BCUT2D eigenvalue weighted by Crippen LogP contribution is 2.25. The number of hydrogen-bond donors (Lipinski definition) is 0. The largest absolute Gasteiger partial charge is 0.653 e. The Hall–Kier alpha value is -1.88. The van der Waals surface area contributed by atoms with Crippen LogP contribution in [0.1, 0.15) is 0 Å². The molecule has 0 saturated carbocycles. The Morgan fingerprint density at radius 2 is 1.56 bits per heavy atom. The van der Waals surface area contributed by atoms with Crippen LogP contribution in [0.15, 0.2) is 48.7 Å². The molecule has 0 atom stereocenters. The molecule has 0 aliphatic carbocycles. The van der Waals surface area contributed by atoms with Gasteiger partial charge < -0.3 is 0 Å². The average Bonchev–Trinajstić information content (AvgIpc) is 2.36. The van der Waals surface area contributed by atoms with Gasteiger partial charge in [-0.25, -0.2) is 12.3 Å². The highest BCUT2D eigenvalue weighted by molar-refractivity contribution is 6.76. The van der Waals surface area contributed by atoms with Gasteiger partial charge in [-0.1, -0.05) is 36.4 Å². The molecule has 1 nitrogen and oxygen atoms in total. The second-order valence-electron chi connectivity index (χ2n) is 4.04. The van der Waals surface area contributed by atoms with Gasteiger partial charge in [0.25, 0.3) is 0 Å². The predicted octanol–water partition coefficient (Wildman–Crippen LogP) is 3.44. The van der Waals surface area contributed by atoms with Gasteiger partial charge in [-0.15, -0.1) is 0 Å². The van der Waals surface area contributed by atoms with Crippen molar-refractivity contribution in [2.75, 3.05) is 0 Å². The van der Waals surface area contributed by atoms with Crippen LogP contribution in [0.3, 0.4) is 0 Å². The molecular weight excluding hydrogens is 255 g/mol. The number of aromatic nitrogens is 1. The van der Waals surface area contributed by atoms with Crippen molar-refractivity contribution in [1.29, 1.82) is 0 Å². The molecule has 0 saturated heterocycles. The third-order valence-electron chi connectivity index (χ3n) is 2.92. The number of rotatable bonds is 1. The first-order valence-corrected chi connectivity index (χ1v) is 7.04. The molecule has 0 N–H and O–H groups in total. The van der Waals surface area contributed by atoms with Gasteiger partial charge in [0.2, 0.25) is 0 Å². The molecule has 0 bridgehead atoms. The van der Waals surface area contributed by atoms with Crippen LogP contribution in [0.4, 0.5) is 12.3 Å². The molecule has 0 aliphatic heterocycles. The molecule has 0 aliphatic rings. The van der Waals surface area contributed by atoms with E-state index in [1.54, 1.807) is 30.3 Å². The fraction of sp³-hybridized carbons (Fsp3) is 0. The minimum absolute atomic E-state index is 0.231. The van der Waals surface area contributed by atoms with Crippen LogP contribution in [0.5, 0.6) is 0 Å². The summed E-state index contributed by atoms with van der Waals surface area (Å²) in [6.45, 7) is 0. The van der Waals surface area contributed by atoms with E-state index in [9.17, 15) is 12.3 Å². The maximum Gasteiger partial charge on any atom is 0.653 e. The Kier molecular flexibility index (Phi) is 2.38. The van der Waals surface area contributed by atoms with Gasteiger partial charge >= 0.3 is 9.08 Å². The van der Waals surface area contributed by atoms with Crippen LogP contribution in [-0.4, -0.2) is 14.1 Å². The van der Waals surface area contributed by atoms with Gasteiger partial charge in [-0.3, -0.25) is 4.98 Å². The smallest absolute Gasteiger partial charge is 0.256 e. The monoisotopic (exact) mass is 263 g/mol. The third-order valence-corrected chi connectivity index (χ3v) is 3.95. The zero-order chi connectivity index (χ0) is 12.8. The van der Waals surface area contributed by atoms with Crippen LogP contribution in [0, 0.1) is 0 Å². The van der Waals surface area contributed by atoms with E-state index >= 15 is 0 Å². The van der Waals surface area contributed by atoms with Crippen LogP contribution >= 0.6 is 0 Å². The topological polar surface area (TPSA) is 12.9 Å². The molecule has 18 heavy (non-hydrogen) atoms. The van der Waals surface area contributed by atoms with Crippen molar-refractivity contribution in [1.82, 2.24) is 4.98 Å². The lowest BCUT2D eigenvalue weighted by Gasteiger charge is -2.09. The SMILES string of the molecule is F[Si](F)(F)c1cccc2ccc3cccnc3c12. The Morgan fingerprint density at radius 1 is 0.833 bits per heavy atom. The van der Waals surface area contributed by atoms with Crippen molar-refractivity contribution in [3.63, 3.8) is 0 Å². The summed E-state index contributed by atoms with van der Waals surface area (Å²) in [5.41, 5.74) is 0.426. The number of pyridine rings is 1. The number of hydrogen-bond acceptors (Lipinski definition) is 1. The maximum absolute atomic E-state index is 13.2. The molecule has 2 aromatic carbocycles. The molecule has 1 aromatic heterocycles. The van der Waals surface area contributed by atoms with Gasteiger partial charge in [-0.05, 0) is 11.5 Å². The Balaban J connectivity index is 2.55. The minimum Gasteiger partial charge on any atom is -0.256 e. The van der Waals surface area contributed by atoms with E-state index < -0.39 is 14.3 Å². The maximum atomic E-state index is 13.2. The molecule has 3 aromatic rings. The lowest BCUT2D eigenvalue weighted by molar-refractivity contribution is 0.502. The van der Waals surface area contributed by atoms with Crippen LogP contribution < -0.4 is 5.19 Å². The number of fused-ring (bicyclic) bond motifs is 3. The van der Waals surface area contributed by atoms with E-state index in [1.165, 1.54) is 12.3 Å². The van der Waals surface area contributed by atoms with E-state index in [2.05, 4.69) is 4.98 Å². The summed E-state index contributed by atoms with van der Waals surface area (Å²) < 4.78 is 39.5. The number of nitrogens with zero attached hydrogens (tertiary/aromatic N) is 1. The van der Waals surface area contributed by atoms with Crippen molar-refractivity contribution < 1.29 is 12.3 Å². The Labute approximate surface area is 102 Å². The van der Waals surface area contributed by atoms with E-state index in [0.29, 0.717) is 10.9 Å². The Bertz CT molecular complexity index is 737. The molecule has 0 fully saturated rings. The molecule has 0 spiro atoms. The van der Waals surface area contributed by atoms with Gasteiger partial charge in [0.05, 0.1) is 5.52 Å². The van der Waals surface area contributed by atoms with E-state index in [4.69, 9.17) is 0 Å². The molecular formula is C13H8F3NSi. The summed E-state index contributed by atoms with van der Waals surface area (Å²) in [4.78, 5) is 4.11. The second kappa shape index (κ2) is 3.81. The summed E-state index contributed by atoms with van der Waals surface area (Å²) in [6, 6.07) is 11.3. The minimum atomic E-state index is -5.85. The van der Waals surface area contributed by atoms with Gasteiger partial charge in [0, 0.05) is 22.2 Å². The summed E-state index contributed by atoms with van der Waals surface area (Å²) in [6.07, 6.45) is 1.52. The fourth-order valence-corrected chi connectivity index (χ4v) is 2.98. The van der Waals surface area contributed by atoms with Crippen molar-refractivity contribution in [2.24, 2.45) is 0 Å². The molecule has 3 rings (SSSR count). The van der Waals surface area contributed by atoms with Gasteiger partial charge in [-0.2, -0.15) is 0 Å². The van der Waals surface area contributed by atoms with E-state index in [-0.39, 0.29) is 5.39 Å². The molecule has 1 heterocycles. The van der Waals surface area contributed by atoms with Crippen molar-refractivity contribution in [3.8, 4) is 0 Å². The number of benzene rings is 2. The quantitative estimate of drug-likeness (QED) is 0.372. The summed E-state index contributed by atoms with van der Waals surface area (Å²) in [7, 11) is -5.85. The van der Waals surface area contributed by atoms with E-state index in [0.717, 1.165) is 11.5 Å². The van der Waals surface area contributed by atoms with Gasteiger partial charge in [0.1, 0.15) is 0 Å². The first-order chi connectivity index (χ1) is 8.57. The van der Waals surface area contributed by atoms with Crippen molar-refractivity contribution in [2.45, 2.75) is 0 Å². The van der Waals surface area contributed by atoms with Gasteiger partial charge in [0.15, 0.2) is 0 Å². The predicted molar refractivity (Wildman–Crippen MR) is 68.0 cm³/mol. The summed E-state index contributed by atoms with van der Waals surface area (Å²) in [5, 5.41) is 1.05. The molecule has 5 heteroatoms. The third kappa shape index (κ3) is 1.67. The first kappa shape index (κ1) is 11.2. The lowest BCUT2D eigenvalue weighted by atomic mass is 10.1. The summed E-state index contributed by atoms with van der Waals surface area (Å²) in [5.74, 6) is 0. The second-order valence-corrected chi connectivity index (χ2v) is 5.58. The lowest BCUT2D eigenvalue weighted by Crippen LogP contribution is -2.34. The van der Waals surface area contributed by atoms with Crippen LogP contribution in [0.2, 0.25) is 0 Å². The average molecular weight is 263 g/mol. The standard InChI is InChI=1S/C13H8F3NSi/c14-18(15,16)11-5-1-3-9-6-7-10-4-2-8-17-13(10)12(9)11/h1-8H. The first-order valence-electron chi connectivity index (χ1n) is 5.41. The molecule has 0 amide bonds. The molecule has 90 valence electrons. The summed E-state index contributed by atoms with van der Waals surface area (Å²) >= 11 is 0. The normalized spacial score (nSPS) is 12.2. The zero-order valence-corrected chi connectivity index (χ0v) is 10.2. The highest BCUT2D eigenvalue weighted by Gasteiger charge is 2.41. The fourth-order valence-electron chi connectivity index (χ4n) is 2.15. The molecule has 0 unspecified atom stereocenters. The van der Waals surface area contributed by atoms with Crippen molar-refractivity contribution >= 4 is 35.9 Å².